The van der Waals surface area contributed by atoms with Gasteiger partial charge in [0.25, 0.3) is 0 Å². The molecular weight excluding hydrogens is 250 g/mol. The summed E-state index contributed by atoms with van der Waals surface area (Å²) in [6.07, 6.45) is 1.58. The molecule has 6 heteroatoms. The lowest BCUT2D eigenvalue weighted by Gasteiger charge is -1.96. The number of carboxylic acids is 1. The largest absolute Gasteiger partial charge is 0.478 e. The van der Waals surface area contributed by atoms with Gasteiger partial charge in [-0.15, -0.1) is 0 Å². The summed E-state index contributed by atoms with van der Waals surface area (Å²) in [5, 5.41) is 16.7. The lowest BCUT2D eigenvalue weighted by molar-refractivity contribution is -0.137. The third kappa shape index (κ3) is 7.56. The zero-order valence-corrected chi connectivity index (χ0v) is 10.4. The summed E-state index contributed by atoms with van der Waals surface area (Å²) in [7, 11) is 0. The Bertz CT molecular complexity index is 431. The summed E-state index contributed by atoms with van der Waals surface area (Å²) in [5.41, 5.74) is 5.80. The molecule has 1 aromatic rings. The maximum atomic E-state index is 10.3. The average Bonchev–Trinajstić information content (AvgIpc) is 2.39. The molecule has 0 bridgehead atoms. The second kappa shape index (κ2) is 9.67. The Morgan fingerprint density at radius 2 is 2.00 bits per heavy atom. The summed E-state index contributed by atoms with van der Waals surface area (Å²) in [5.74, 6) is -1.43. The number of nitrogen functional groups attached to an aromatic ring is 1. The molecule has 0 aliphatic rings. The number of aliphatic hydroxyl groups is 1. The van der Waals surface area contributed by atoms with E-state index in [0.29, 0.717) is 12.1 Å². The number of para-hydroxylation sites is 1. The Labute approximate surface area is 111 Å². The van der Waals surface area contributed by atoms with Gasteiger partial charge < -0.3 is 20.7 Å². The number of anilines is 1. The summed E-state index contributed by atoms with van der Waals surface area (Å²) in [6, 6.07) is 6.36. The highest BCUT2D eigenvalue weighted by atomic mass is 16.5. The van der Waals surface area contributed by atoms with Crippen LogP contribution in [0.25, 0.3) is 0 Å². The Morgan fingerprint density at radius 1 is 1.37 bits per heavy atom. The van der Waals surface area contributed by atoms with E-state index in [1.807, 2.05) is 0 Å². The number of carboxylic acid groups (broad SMARTS) is 1. The van der Waals surface area contributed by atoms with Crippen LogP contribution >= 0.6 is 0 Å². The second-order valence-electron chi connectivity index (χ2n) is 3.34. The predicted octanol–water partition coefficient (Wildman–Crippen LogP) is 1.06. The van der Waals surface area contributed by atoms with Gasteiger partial charge in [0, 0.05) is 24.8 Å². The van der Waals surface area contributed by atoms with Gasteiger partial charge in [0.15, 0.2) is 0 Å². The van der Waals surface area contributed by atoms with Crippen LogP contribution in [0, 0.1) is 0 Å². The first-order chi connectivity index (χ1) is 9.02. The van der Waals surface area contributed by atoms with Gasteiger partial charge in [-0.1, -0.05) is 18.7 Å². The molecule has 1 aromatic carbocycles. The van der Waals surface area contributed by atoms with E-state index >= 15 is 0 Å². The molecule has 0 saturated heterocycles. The van der Waals surface area contributed by atoms with Gasteiger partial charge >= 0.3 is 11.9 Å². The smallest absolute Gasteiger partial charge is 0.337 e. The number of aromatic carboxylic acids is 1. The zero-order chi connectivity index (χ0) is 14.7. The number of rotatable bonds is 5. The van der Waals surface area contributed by atoms with Gasteiger partial charge in [-0.25, -0.2) is 9.59 Å². The molecule has 0 unspecified atom stereocenters. The zero-order valence-electron chi connectivity index (χ0n) is 10.4. The molecule has 6 nitrogen and oxygen atoms in total. The van der Waals surface area contributed by atoms with Gasteiger partial charge in [0.2, 0.25) is 0 Å². The van der Waals surface area contributed by atoms with Crippen LogP contribution in [0.2, 0.25) is 0 Å². The van der Waals surface area contributed by atoms with Crippen LogP contribution < -0.4 is 5.73 Å². The molecule has 0 aliphatic carbocycles. The minimum Gasteiger partial charge on any atom is -0.478 e. The van der Waals surface area contributed by atoms with Crippen LogP contribution in [-0.4, -0.2) is 35.4 Å². The lowest BCUT2D eigenvalue weighted by Crippen LogP contribution is -2.02. The van der Waals surface area contributed by atoms with Crippen LogP contribution in [0.5, 0.6) is 0 Å². The molecule has 0 aliphatic heterocycles. The molecule has 19 heavy (non-hydrogen) atoms. The first kappa shape index (κ1) is 16.7. The van der Waals surface area contributed by atoms with E-state index < -0.39 is 11.9 Å². The third-order valence-corrected chi connectivity index (χ3v) is 1.90. The number of ether oxygens (including phenoxy) is 1. The molecule has 0 atom stereocenters. The van der Waals surface area contributed by atoms with E-state index in [1.165, 1.54) is 6.07 Å². The van der Waals surface area contributed by atoms with Crippen molar-refractivity contribution in [3.8, 4) is 0 Å². The fourth-order valence-electron chi connectivity index (χ4n) is 0.988. The lowest BCUT2D eigenvalue weighted by atomic mass is 10.2. The highest BCUT2D eigenvalue weighted by Gasteiger charge is 2.03. The summed E-state index contributed by atoms with van der Waals surface area (Å²) in [4.78, 5) is 20.6. The maximum absolute atomic E-state index is 10.3. The van der Waals surface area contributed by atoms with Gasteiger partial charge in [0.1, 0.15) is 0 Å². The Morgan fingerprint density at radius 3 is 2.42 bits per heavy atom. The van der Waals surface area contributed by atoms with Crippen LogP contribution in [-0.2, 0) is 9.53 Å². The Hall–Kier alpha value is -2.34. The van der Waals surface area contributed by atoms with E-state index in [-0.39, 0.29) is 18.8 Å². The third-order valence-electron chi connectivity index (χ3n) is 1.90. The number of carbonyl (C=O) groups is 2. The average molecular weight is 267 g/mol. The molecule has 1 rings (SSSR count). The number of benzene rings is 1. The molecule has 0 radical (unpaired) electrons. The topological polar surface area (TPSA) is 110 Å². The van der Waals surface area contributed by atoms with Gasteiger partial charge in [0.05, 0.1) is 12.2 Å². The van der Waals surface area contributed by atoms with E-state index in [0.717, 1.165) is 6.08 Å². The fourth-order valence-corrected chi connectivity index (χ4v) is 0.988. The number of carbonyl (C=O) groups excluding carboxylic acids is 1. The van der Waals surface area contributed by atoms with Crippen molar-refractivity contribution in [3.63, 3.8) is 0 Å². The van der Waals surface area contributed by atoms with E-state index in [2.05, 4.69) is 11.3 Å². The molecule has 4 N–H and O–H groups in total. The number of esters is 1. The van der Waals surface area contributed by atoms with Crippen molar-refractivity contribution in [2.75, 3.05) is 18.9 Å². The van der Waals surface area contributed by atoms with Crippen molar-refractivity contribution >= 4 is 17.6 Å². The van der Waals surface area contributed by atoms with Gasteiger partial charge in [-0.3, -0.25) is 0 Å². The quantitative estimate of drug-likeness (QED) is 0.318. The Balaban J connectivity index is 0.000000344. The van der Waals surface area contributed by atoms with Crippen molar-refractivity contribution in [2.45, 2.75) is 6.42 Å². The maximum Gasteiger partial charge on any atom is 0.337 e. The monoisotopic (exact) mass is 267 g/mol. The number of aliphatic hydroxyl groups excluding tert-OH is 1. The summed E-state index contributed by atoms with van der Waals surface area (Å²) in [6.45, 7) is 3.51. The van der Waals surface area contributed by atoms with Crippen molar-refractivity contribution in [1.82, 2.24) is 0 Å². The molecule has 0 spiro atoms. The normalized spacial score (nSPS) is 8.89. The van der Waals surface area contributed by atoms with E-state index in [9.17, 15) is 9.59 Å². The summed E-state index contributed by atoms with van der Waals surface area (Å²) < 4.78 is 4.51. The molecule has 0 fully saturated rings. The van der Waals surface area contributed by atoms with Crippen molar-refractivity contribution < 1.29 is 24.5 Å². The molecule has 0 heterocycles. The standard InChI is InChI=1S/C7H7NO2.C6H10O3/c8-6-4-2-1-3-5(6)7(9)10;1-2-6(8)9-5-3-4-7/h1-4H,8H2,(H,9,10);2,7H,1,3-5H2. The van der Waals surface area contributed by atoms with Crippen LogP contribution in [0.3, 0.4) is 0 Å². The van der Waals surface area contributed by atoms with Crippen molar-refractivity contribution in [1.29, 1.82) is 0 Å². The molecular formula is C13H17NO5. The highest BCUT2D eigenvalue weighted by molar-refractivity contribution is 5.93. The number of nitrogens with two attached hydrogens (primary N) is 1. The number of hydrogen-bond acceptors (Lipinski definition) is 5. The van der Waals surface area contributed by atoms with Crippen LogP contribution in [0.1, 0.15) is 16.8 Å². The molecule has 0 amide bonds. The van der Waals surface area contributed by atoms with Gasteiger partial charge in [-0.05, 0) is 12.1 Å². The Kier molecular flexibility index (Phi) is 8.48. The van der Waals surface area contributed by atoms with Crippen LogP contribution in [0.4, 0.5) is 5.69 Å². The predicted molar refractivity (Wildman–Crippen MR) is 70.7 cm³/mol. The molecule has 0 saturated carbocycles. The second-order valence-corrected chi connectivity index (χ2v) is 3.34. The first-order valence-electron chi connectivity index (χ1n) is 5.50. The fraction of sp³-hybridized carbons (Fsp3) is 0.231. The molecule has 104 valence electrons. The highest BCUT2D eigenvalue weighted by Crippen LogP contribution is 2.08. The SMILES string of the molecule is C=CC(=O)OCCCO.Nc1ccccc1C(=O)O. The van der Waals surface area contributed by atoms with E-state index in [4.69, 9.17) is 15.9 Å². The first-order valence-corrected chi connectivity index (χ1v) is 5.50. The van der Waals surface area contributed by atoms with Crippen LogP contribution in [0.15, 0.2) is 36.9 Å². The van der Waals surface area contributed by atoms with E-state index in [1.54, 1.807) is 18.2 Å². The minimum atomic E-state index is -0.988. The summed E-state index contributed by atoms with van der Waals surface area (Å²) >= 11 is 0. The van der Waals surface area contributed by atoms with Crippen molar-refractivity contribution in [2.24, 2.45) is 0 Å². The number of hydrogen-bond donors (Lipinski definition) is 3. The molecule has 0 aromatic heterocycles. The minimum absolute atomic E-state index is 0.0461. The van der Waals surface area contributed by atoms with Gasteiger partial charge in [-0.2, -0.15) is 0 Å². The van der Waals surface area contributed by atoms with Crippen molar-refractivity contribution in [3.05, 3.63) is 42.5 Å².